The molecule has 0 radical (unpaired) electrons. The van der Waals surface area contributed by atoms with Gasteiger partial charge in [0.05, 0.1) is 11.8 Å². The van der Waals surface area contributed by atoms with Gasteiger partial charge in [-0.1, -0.05) is 22.9 Å². The van der Waals surface area contributed by atoms with Crippen LogP contribution in [0.1, 0.15) is 21.5 Å². The Kier molecular flexibility index (Phi) is 4.10. The van der Waals surface area contributed by atoms with E-state index in [-0.39, 0.29) is 0 Å². The molecular formula is C15H12FNO3. The monoisotopic (exact) mass is 273 g/mol. The number of carbonyl (C=O) groups is 1. The second-order valence-corrected chi connectivity index (χ2v) is 4.19. The predicted molar refractivity (Wildman–Crippen MR) is 72.3 cm³/mol. The van der Waals surface area contributed by atoms with Crippen molar-refractivity contribution in [1.82, 2.24) is 0 Å². The van der Waals surface area contributed by atoms with Crippen LogP contribution in [0.2, 0.25) is 0 Å². The summed E-state index contributed by atoms with van der Waals surface area (Å²) in [5.74, 6) is -1.81. The van der Waals surface area contributed by atoms with Crippen molar-refractivity contribution in [1.29, 1.82) is 0 Å². The number of aromatic hydroxyl groups is 1. The van der Waals surface area contributed by atoms with E-state index in [1.807, 2.05) is 6.92 Å². The summed E-state index contributed by atoms with van der Waals surface area (Å²) < 4.78 is 13.0. The van der Waals surface area contributed by atoms with Crippen molar-refractivity contribution in [3.05, 3.63) is 65.0 Å². The molecule has 2 rings (SSSR count). The predicted octanol–water partition coefficient (Wildman–Crippen LogP) is 3.03. The number of halogens is 1. The minimum Gasteiger partial charge on any atom is -0.505 e. The van der Waals surface area contributed by atoms with E-state index in [2.05, 4.69) is 9.99 Å². The van der Waals surface area contributed by atoms with E-state index in [4.69, 9.17) is 5.11 Å². The number of hydrogen-bond acceptors (Lipinski definition) is 4. The Hall–Kier alpha value is -2.69. The van der Waals surface area contributed by atoms with Gasteiger partial charge >= 0.3 is 5.97 Å². The first-order valence-electron chi connectivity index (χ1n) is 5.86. The maximum atomic E-state index is 13.0. The average Bonchev–Trinajstić information content (AvgIpc) is 2.43. The normalized spacial score (nSPS) is 10.7. The summed E-state index contributed by atoms with van der Waals surface area (Å²) in [6.07, 6.45) is 1.19. The Balaban J connectivity index is 2.00. The quantitative estimate of drug-likeness (QED) is 0.531. The number of nitrogens with zero attached hydrogens (tertiary/aromatic N) is 1. The van der Waals surface area contributed by atoms with Gasteiger partial charge in [0.2, 0.25) is 0 Å². The van der Waals surface area contributed by atoms with E-state index < -0.39 is 17.5 Å². The zero-order chi connectivity index (χ0) is 14.5. The van der Waals surface area contributed by atoms with Crippen LogP contribution in [-0.4, -0.2) is 17.3 Å². The second kappa shape index (κ2) is 5.97. The standard InChI is InChI=1S/C15H12FNO3/c1-10-2-5-12(6-3-10)15(19)20-17-9-11-4-7-14(18)13(16)8-11/h2-9,18H,1H3/b17-9+. The molecule has 20 heavy (non-hydrogen) atoms. The molecule has 0 heterocycles. The van der Waals surface area contributed by atoms with Gasteiger partial charge in [-0.15, -0.1) is 0 Å². The first-order chi connectivity index (χ1) is 9.56. The number of hydrogen-bond donors (Lipinski definition) is 1. The van der Waals surface area contributed by atoms with Crippen LogP contribution in [0, 0.1) is 12.7 Å². The highest BCUT2D eigenvalue weighted by atomic mass is 19.1. The Morgan fingerprint density at radius 2 is 1.95 bits per heavy atom. The van der Waals surface area contributed by atoms with Crippen molar-refractivity contribution >= 4 is 12.2 Å². The van der Waals surface area contributed by atoms with Crippen LogP contribution in [0.15, 0.2) is 47.6 Å². The van der Waals surface area contributed by atoms with Gasteiger partial charge in [-0.25, -0.2) is 9.18 Å². The average molecular weight is 273 g/mol. The van der Waals surface area contributed by atoms with Crippen LogP contribution in [0.3, 0.4) is 0 Å². The molecule has 0 saturated heterocycles. The lowest BCUT2D eigenvalue weighted by Gasteiger charge is -1.99. The summed E-state index contributed by atoms with van der Waals surface area (Å²) in [6, 6.07) is 10.6. The molecule has 5 heteroatoms. The first-order valence-corrected chi connectivity index (χ1v) is 5.86. The zero-order valence-electron chi connectivity index (χ0n) is 10.7. The summed E-state index contributed by atoms with van der Waals surface area (Å²) in [5, 5.41) is 12.5. The van der Waals surface area contributed by atoms with Crippen molar-refractivity contribution in [2.45, 2.75) is 6.92 Å². The van der Waals surface area contributed by atoms with Gasteiger partial charge in [0, 0.05) is 0 Å². The summed E-state index contributed by atoms with van der Waals surface area (Å²) in [7, 11) is 0. The summed E-state index contributed by atoms with van der Waals surface area (Å²) in [5.41, 5.74) is 1.78. The molecule has 0 aliphatic carbocycles. The molecule has 0 bridgehead atoms. The van der Waals surface area contributed by atoms with E-state index in [0.29, 0.717) is 11.1 Å². The highest BCUT2D eigenvalue weighted by molar-refractivity contribution is 5.90. The Morgan fingerprint density at radius 1 is 1.25 bits per heavy atom. The molecule has 2 aromatic carbocycles. The molecule has 0 aliphatic rings. The third-order valence-corrected chi connectivity index (χ3v) is 2.60. The lowest BCUT2D eigenvalue weighted by Crippen LogP contribution is -2.00. The summed E-state index contributed by atoms with van der Waals surface area (Å²) in [6.45, 7) is 1.91. The molecule has 0 atom stereocenters. The molecule has 2 aromatic rings. The Morgan fingerprint density at radius 3 is 2.60 bits per heavy atom. The van der Waals surface area contributed by atoms with E-state index >= 15 is 0 Å². The molecule has 1 N–H and O–H groups in total. The number of oxime groups is 1. The summed E-state index contributed by atoms with van der Waals surface area (Å²) >= 11 is 0. The third kappa shape index (κ3) is 3.41. The maximum absolute atomic E-state index is 13.0. The minimum atomic E-state index is -0.765. The van der Waals surface area contributed by atoms with Crippen molar-refractivity contribution in [2.24, 2.45) is 5.16 Å². The summed E-state index contributed by atoms with van der Waals surface area (Å²) in [4.78, 5) is 16.3. The number of rotatable bonds is 3. The number of phenols is 1. The Labute approximate surface area is 115 Å². The molecule has 0 aromatic heterocycles. The van der Waals surface area contributed by atoms with Crippen LogP contribution in [0.4, 0.5) is 4.39 Å². The topological polar surface area (TPSA) is 58.9 Å². The second-order valence-electron chi connectivity index (χ2n) is 4.19. The molecule has 0 spiro atoms. The van der Waals surface area contributed by atoms with Crippen molar-refractivity contribution in [3.63, 3.8) is 0 Å². The van der Waals surface area contributed by atoms with Crippen molar-refractivity contribution in [2.75, 3.05) is 0 Å². The van der Waals surface area contributed by atoms with Crippen LogP contribution in [0.5, 0.6) is 5.75 Å². The lowest BCUT2D eigenvalue weighted by atomic mass is 10.2. The lowest BCUT2D eigenvalue weighted by molar-refractivity contribution is 0.0519. The fourth-order valence-electron chi connectivity index (χ4n) is 1.48. The van der Waals surface area contributed by atoms with Crippen LogP contribution in [0.25, 0.3) is 0 Å². The number of aryl methyl sites for hydroxylation is 1. The molecule has 0 aliphatic heterocycles. The van der Waals surface area contributed by atoms with Crippen molar-refractivity contribution < 1.29 is 19.1 Å². The van der Waals surface area contributed by atoms with Gasteiger partial charge in [-0.3, -0.25) is 0 Å². The number of benzene rings is 2. The SMILES string of the molecule is Cc1ccc(C(=O)O/N=C/c2ccc(O)c(F)c2)cc1. The van der Waals surface area contributed by atoms with Gasteiger partial charge in [0.15, 0.2) is 11.6 Å². The van der Waals surface area contributed by atoms with E-state index in [1.54, 1.807) is 24.3 Å². The maximum Gasteiger partial charge on any atom is 0.365 e. The van der Waals surface area contributed by atoms with Crippen LogP contribution < -0.4 is 0 Å². The highest BCUT2D eigenvalue weighted by Crippen LogP contribution is 2.15. The van der Waals surface area contributed by atoms with Crippen molar-refractivity contribution in [3.8, 4) is 5.75 Å². The van der Waals surface area contributed by atoms with Crippen LogP contribution in [-0.2, 0) is 4.84 Å². The molecule has 0 fully saturated rings. The van der Waals surface area contributed by atoms with Gasteiger partial charge < -0.3 is 9.94 Å². The van der Waals surface area contributed by atoms with Gasteiger partial charge in [-0.05, 0) is 42.8 Å². The first kappa shape index (κ1) is 13.7. The van der Waals surface area contributed by atoms with Crippen LogP contribution >= 0.6 is 0 Å². The minimum absolute atomic E-state index is 0.372. The third-order valence-electron chi connectivity index (χ3n) is 2.60. The molecule has 0 saturated carbocycles. The molecule has 4 nitrogen and oxygen atoms in total. The van der Waals surface area contributed by atoms with E-state index in [0.717, 1.165) is 11.6 Å². The Bertz CT molecular complexity index is 651. The number of phenolic OH excluding ortho intramolecular Hbond substituents is 1. The molecule has 102 valence electrons. The molecular weight excluding hydrogens is 261 g/mol. The zero-order valence-corrected chi connectivity index (χ0v) is 10.7. The fourth-order valence-corrected chi connectivity index (χ4v) is 1.48. The fraction of sp³-hybridized carbons (Fsp3) is 0.0667. The van der Waals surface area contributed by atoms with E-state index in [9.17, 15) is 9.18 Å². The largest absolute Gasteiger partial charge is 0.505 e. The van der Waals surface area contributed by atoms with Gasteiger partial charge in [-0.2, -0.15) is 0 Å². The smallest absolute Gasteiger partial charge is 0.365 e. The van der Waals surface area contributed by atoms with Gasteiger partial charge in [0.25, 0.3) is 0 Å². The molecule has 0 unspecified atom stereocenters. The van der Waals surface area contributed by atoms with Gasteiger partial charge in [0.1, 0.15) is 0 Å². The highest BCUT2D eigenvalue weighted by Gasteiger charge is 2.06. The van der Waals surface area contributed by atoms with E-state index in [1.165, 1.54) is 18.3 Å². The number of carbonyl (C=O) groups excluding carboxylic acids is 1. The molecule has 0 amide bonds.